The number of hydrogen-bond acceptors (Lipinski definition) is 5. The fourth-order valence-electron chi connectivity index (χ4n) is 4.99. The van der Waals surface area contributed by atoms with Gasteiger partial charge in [0, 0.05) is 50.2 Å². The minimum atomic E-state index is -6.05. The zero-order chi connectivity index (χ0) is 27.3. The van der Waals surface area contributed by atoms with Crippen molar-refractivity contribution in [1.29, 1.82) is 0 Å². The molecule has 1 aliphatic heterocycles. The smallest absolute Gasteiger partial charge is 0.369 e. The molecule has 6 nitrogen and oxygen atoms in total. The highest BCUT2D eigenvalue weighted by molar-refractivity contribution is 7.89. The Kier molecular flexibility index (Phi) is 7.15. The van der Waals surface area contributed by atoms with Gasteiger partial charge in [-0.1, -0.05) is 18.2 Å². The first-order valence-electron chi connectivity index (χ1n) is 11.7. The molecule has 1 saturated heterocycles. The molecule has 204 valence electrons. The number of benzene rings is 1. The SMILES string of the molecule is C[C@@H]1CN(CC2(Cc3cccnc3)CC2)CCN1S(=O)(=O)c1ccc(C(O)(C(F)(F)F)C(F)(F)F)cc1. The summed E-state index contributed by atoms with van der Waals surface area (Å²) < 4.78 is 106. The Morgan fingerprint density at radius 3 is 2.14 bits per heavy atom. The van der Waals surface area contributed by atoms with Crippen LogP contribution in [0.25, 0.3) is 0 Å². The van der Waals surface area contributed by atoms with Gasteiger partial charge in [0.05, 0.1) is 4.90 Å². The fraction of sp³-hybridized carbons (Fsp3) is 0.542. The van der Waals surface area contributed by atoms with Crippen LogP contribution >= 0.6 is 0 Å². The maximum atomic E-state index is 13.2. The second-order valence-electron chi connectivity index (χ2n) is 9.97. The van der Waals surface area contributed by atoms with Crippen molar-refractivity contribution in [3.8, 4) is 0 Å². The van der Waals surface area contributed by atoms with E-state index in [2.05, 4.69) is 9.88 Å². The van der Waals surface area contributed by atoms with Gasteiger partial charge in [0.2, 0.25) is 10.0 Å². The molecule has 2 aliphatic rings. The van der Waals surface area contributed by atoms with E-state index in [9.17, 15) is 39.9 Å². The Morgan fingerprint density at radius 1 is 1.03 bits per heavy atom. The summed E-state index contributed by atoms with van der Waals surface area (Å²) in [5.41, 5.74) is -5.36. The number of nitrogens with zero attached hydrogens (tertiary/aromatic N) is 3. The Morgan fingerprint density at radius 2 is 1.65 bits per heavy atom. The lowest BCUT2D eigenvalue weighted by molar-refractivity contribution is -0.376. The van der Waals surface area contributed by atoms with Gasteiger partial charge in [0.15, 0.2) is 0 Å². The highest BCUT2D eigenvalue weighted by atomic mass is 32.2. The summed E-state index contributed by atoms with van der Waals surface area (Å²) in [6, 6.07) is 5.48. The van der Waals surface area contributed by atoms with E-state index in [0.29, 0.717) is 37.4 Å². The molecule has 2 heterocycles. The molecule has 0 unspecified atom stereocenters. The Balaban J connectivity index is 1.45. The van der Waals surface area contributed by atoms with Crippen molar-refractivity contribution in [2.24, 2.45) is 5.41 Å². The van der Waals surface area contributed by atoms with Crippen LogP contribution in [0.1, 0.15) is 30.9 Å². The summed E-state index contributed by atoms with van der Waals surface area (Å²) in [5, 5.41) is 9.54. The molecular formula is C24H27F6N3O3S. The number of alkyl halides is 6. The minimum Gasteiger partial charge on any atom is -0.369 e. The lowest BCUT2D eigenvalue weighted by Gasteiger charge is -2.40. The number of halogens is 6. The maximum Gasteiger partial charge on any atom is 0.430 e. The molecule has 1 aromatic heterocycles. The van der Waals surface area contributed by atoms with Gasteiger partial charge in [-0.2, -0.15) is 30.6 Å². The average Bonchev–Trinajstić information content (AvgIpc) is 3.56. The zero-order valence-corrected chi connectivity index (χ0v) is 20.7. The number of sulfonamides is 1. The summed E-state index contributed by atoms with van der Waals surface area (Å²) in [6.45, 7) is 3.52. The van der Waals surface area contributed by atoms with Gasteiger partial charge in [-0.15, -0.1) is 0 Å². The molecule has 1 saturated carbocycles. The van der Waals surface area contributed by atoms with Crippen molar-refractivity contribution >= 4 is 10.0 Å². The van der Waals surface area contributed by atoms with E-state index in [1.807, 2.05) is 18.3 Å². The number of piperazine rings is 1. The van der Waals surface area contributed by atoms with Crippen molar-refractivity contribution in [3.05, 3.63) is 59.9 Å². The lowest BCUT2D eigenvalue weighted by atomic mass is 9.92. The first-order valence-corrected chi connectivity index (χ1v) is 13.1. The molecule has 1 aliphatic carbocycles. The summed E-state index contributed by atoms with van der Waals surface area (Å²) in [5.74, 6) is 0. The monoisotopic (exact) mass is 551 g/mol. The van der Waals surface area contributed by atoms with Crippen LogP contribution in [0.15, 0.2) is 53.7 Å². The van der Waals surface area contributed by atoms with E-state index in [1.165, 1.54) is 4.31 Å². The highest BCUT2D eigenvalue weighted by Crippen LogP contribution is 2.50. The Bertz CT molecular complexity index is 1180. The topological polar surface area (TPSA) is 73.7 Å². The second kappa shape index (κ2) is 9.51. The van der Waals surface area contributed by atoms with Gasteiger partial charge in [-0.05, 0) is 55.4 Å². The van der Waals surface area contributed by atoms with Gasteiger partial charge in [0.25, 0.3) is 5.60 Å². The quantitative estimate of drug-likeness (QED) is 0.525. The van der Waals surface area contributed by atoms with E-state index in [-0.39, 0.29) is 12.0 Å². The van der Waals surface area contributed by atoms with E-state index in [4.69, 9.17) is 0 Å². The molecule has 1 atom stereocenters. The zero-order valence-electron chi connectivity index (χ0n) is 19.9. The summed E-state index contributed by atoms with van der Waals surface area (Å²) in [4.78, 5) is 5.90. The number of rotatable bonds is 7. The van der Waals surface area contributed by atoms with Crippen LogP contribution in [0.3, 0.4) is 0 Å². The standard InChI is InChI=1S/C24H27F6N3O3S/c1-17-15-32(16-21(8-9-21)13-18-3-2-10-31-14-18)11-12-33(17)37(35,36)20-6-4-19(5-7-20)22(34,23(25,26)27)24(28,29)30/h2-7,10,14,17,34H,8-9,11-13,15-16H2,1H3/t17-/m1/s1. The summed E-state index contributed by atoms with van der Waals surface area (Å²) in [6.07, 6.45) is -5.55. The molecule has 13 heteroatoms. The van der Waals surface area contributed by atoms with Crippen LogP contribution in [-0.4, -0.2) is 72.3 Å². The fourth-order valence-corrected chi connectivity index (χ4v) is 6.60. The lowest BCUT2D eigenvalue weighted by Crippen LogP contribution is -2.55. The normalized spacial score (nSPS) is 21.7. The van der Waals surface area contributed by atoms with E-state index < -0.39 is 44.5 Å². The molecule has 1 N–H and O–H groups in total. The van der Waals surface area contributed by atoms with Crippen molar-refractivity contribution in [3.63, 3.8) is 0 Å². The van der Waals surface area contributed by atoms with Crippen LogP contribution in [-0.2, 0) is 22.0 Å². The van der Waals surface area contributed by atoms with Crippen LogP contribution < -0.4 is 0 Å². The third-order valence-corrected chi connectivity index (χ3v) is 9.20. The van der Waals surface area contributed by atoms with Crippen LogP contribution in [0.2, 0.25) is 0 Å². The molecule has 0 amide bonds. The predicted molar refractivity (Wildman–Crippen MR) is 122 cm³/mol. The molecule has 37 heavy (non-hydrogen) atoms. The molecule has 2 aromatic rings. The van der Waals surface area contributed by atoms with Gasteiger partial charge >= 0.3 is 12.4 Å². The molecular weight excluding hydrogens is 524 g/mol. The number of aromatic nitrogens is 1. The highest BCUT2D eigenvalue weighted by Gasteiger charge is 2.71. The second-order valence-corrected chi connectivity index (χ2v) is 11.9. The van der Waals surface area contributed by atoms with Crippen molar-refractivity contribution in [1.82, 2.24) is 14.2 Å². The summed E-state index contributed by atoms with van der Waals surface area (Å²) >= 11 is 0. The summed E-state index contributed by atoms with van der Waals surface area (Å²) in [7, 11) is -4.19. The largest absolute Gasteiger partial charge is 0.430 e. The van der Waals surface area contributed by atoms with Crippen LogP contribution in [0.5, 0.6) is 0 Å². The molecule has 1 aromatic carbocycles. The van der Waals surface area contributed by atoms with Gasteiger partial charge in [0.1, 0.15) is 0 Å². The van der Waals surface area contributed by atoms with E-state index in [1.54, 1.807) is 13.1 Å². The van der Waals surface area contributed by atoms with Gasteiger partial charge in [-0.25, -0.2) is 8.42 Å². The van der Waals surface area contributed by atoms with Crippen molar-refractivity contribution in [2.75, 3.05) is 26.2 Å². The van der Waals surface area contributed by atoms with Crippen molar-refractivity contribution in [2.45, 2.75) is 55.1 Å². The van der Waals surface area contributed by atoms with Crippen LogP contribution in [0.4, 0.5) is 26.3 Å². The number of aliphatic hydroxyl groups is 1. The van der Waals surface area contributed by atoms with E-state index in [0.717, 1.165) is 31.4 Å². The maximum absolute atomic E-state index is 13.2. The van der Waals surface area contributed by atoms with Crippen molar-refractivity contribution < 1.29 is 39.9 Å². The van der Waals surface area contributed by atoms with Gasteiger partial charge in [-0.3, -0.25) is 9.88 Å². The molecule has 0 spiro atoms. The molecule has 4 rings (SSSR count). The molecule has 2 fully saturated rings. The van der Waals surface area contributed by atoms with Crippen LogP contribution in [0, 0.1) is 5.41 Å². The average molecular weight is 552 g/mol. The third kappa shape index (κ3) is 5.36. The Hall–Kier alpha value is -2.22. The number of hydrogen-bond donors (Lipinski definition) is 1. The third-order valence-electron chi connectivity index (χ3n) is 7.17. The first kappa shape index (κ1) is 27.8. The predicted octanol–water partition coefficient (Wildman–Crippen LogP) is 4.11. The number of pyridine rings is 1. The Labute approximate surface area is 211 Å². The van der Waals surface area contributed by atoms with E-state index >= 15 is 0 Å². The van der Waals surface area contributed by atoms with Gasteiger partial charge < -0.3 is 5.11 Å². The molecule has 0 radical (unpaired) electrons. The minimum absolute atomic E-state index is 0.118. The first-order chi connectivity index (χ1) is 17.1. The molecule has 0 bridgehead atoms.